The van der Waals surface area contributed by atoms with E-state index in [9.17, 15) is 0 Å². The van der Waals surface area contributed by atoms with Gasteiger partial charge in [0.25, 0.3) is 0 Å². The van der Waals surface area contributed by atoms with E-state index in [4.69, 9.17) is 4.99 Å². The van der Waals surface area contributed by atoms with Gasteiger partial charge in [0.1, 0.15) is 0 Å². The van der Waals surface area contributed by atoms with Gasteiger partial charge in [0, 0.05) is 38.0 Å². The van der Waals surface area contributed by atoms with Crippen LogP contribution in [0.4, 0.5) is 11.4 Å². The summed E-state index contributed by atoms with van der Waals surface area (Å²) in [6, 6.07) is 6.46. The molecule has 0 aromatic heterocycles. The van der Waals surface area contributed by atoms with Gasteiger partial charge in [-0.1, -0.05) is 46.9 Å². The second-order valence-electron chi connectivity index (χ2n) is 5.19. The van der Waals surface area contributed by atoms with E-state index in [1.165, 1.54) is 11.3 Å². The normalized spacial score (nSPS) is 26.1. The zero-order valence-electron chi connectivity index (χ0n) is 11.1. The summed E-state index contributed by atoms with van der Waals surface area (Å²) >= 11 is 2.42. The molecule has 100 valence electrons. The fourth-order valence-electron chi connectivity index (χ4n) is 2.47. The largest absolute Gasteiger partial charge is 0.367 e. The summed E-state index contributed by atoms with van der Waals surface area (Å²) in [6.45, 7) is 6.37. The summed E-state index contributed by atoms with van der Waals surface area (Å²) in [5.74, 6) is 0. The Morgan fingerprint density at radius 1 is 1.32 bits per heavy atom. The van der Waals surface area contributed by atoms with Crippen molar-refractivity contribution in [3.63, 3.8) is 0 Å². The first kappa shape index (κ1) is 13.1. The maximum Gasteiger partial charge on any atom is 0.0931 e. The molecule has 19 heavy (non-hydrogen) atoms. The molecular formula is C15H18IN3. The standard InChI is InChI=1S/C15H18IN3/c1-15(16)6-5-12-3-2-4-13(14(12)18-11-15)19-9-7-17-8-10-19/h2-6,11,17H,7-10H2,1H3. The molecule has 0 aliphatic carbocycles. The van der Waals surface area contributed by atoms with Crippen molar-refractivity contribution >= 4 is 46.3 Å². The van der Waals surface area contributed by atoms with Gasteiger partial charge in [-0.15, -0.1) is 0 Å². The molecule has 1 N–H and O–H groups in total. The average molecular weight is 367 g/mol. The third-order valence-electron chi connectivity index (χ3n) is 3.54. The van der Waals surface area contributed by atoms with Crippen LogP contribution in [-0.2, 0) is 0 Å². The number of hydrogen-bond donors (Lipinski definition) is 1. The molecular weight excluding hydrogens is 349 g/mol. The van der Waals surface area contributed by atoms with E-state index in [-0.39, 0.29) is 3.42 Å². The number of halogens is 1. The van der Waals surface area contributed by atoms with E-state index in [2.05, 4.69) is 70.1 Å². The summed E-state index contributed by atoms with van der Waals surface area (Å²) in [7, 11) is 0. The topological polar surface area (TPSA) is 27.6 Å². The Labute approximate surface area is 127 Å². The van der Waals surface area contributed by atoms with Crippen molar-refractivity contribution in [2.45, 2.75) is 10.3 Å². The van der Waals surface area contributed by atoms with E-state index in [1.54, 1.807) is 0 Å². The molecule has 0 spiro atoms. The van der Waals surface area contributed by atoms with Crippen LogP contribution in [0.3, 0.4) is 0 Å². The van der Waals surface area contributed by atoms with Crippen LogP contribution in [-0.4, -0.2) is 35.8 Å². The minimum Gasteiger partial charge on any atom is -0.367 e. The molecule has 0 saturated carbocycles. The van der Waals surface area contributed by atoms with Crippen molar-refractivity contribution in [2.75, 3.05) is 31.1 Å². The van der Waals surface area contributed by atoms with Crippen LogP contribution in [0.5, 0.6) is 0 Å². The van der Waals surface area contributed by atoms with Gasteiger partial charge in [-0.3, -0.25) is 4.99 Å². The lowest BCUT2D eigenvalue weighted by atomic mass is 10.1. The second kappa shape index (κ2) is 5.25. The number of alkyl halides is 1. The van der Waals surface area contributed by atoms with Gasteiger partial charge in [-0.25, -0.2) is 0 Å². The molecule has 1 aromatic rings. The number of nitrogens with zero attached hydrogens (tertiary/aromatic N) is 2. The maximum atomic E-state index is 4.76. The van der Waals surface area contributed by atoms with Crippen LogP contribution < -0.4 is 10.2 Å². The van der Waals surface area contributed by atoms with E-state index in [1.807, 2.05) is 6.21 Å². The first-order valence-corrected chi connectivity index (χ1v) is 7.76. The molecule has 3 rings (SSSR count). The monoisotopic (exact) mass is 367 g/mol. The molecule has 3 nitrogen and oxygen atoms in total. The number of anilines is 1. The quantitative estimate of drug-likeness (QED) is 0.611. The average Bonchev–Trinajstić information content (AvgIpc) is 2.59. The van der Waals surface area contributed by atoms with E-state index >= 15 is 0 Å². The third kappa shape index (κ3) is 2.84. The highest BCUT2D eigenvalue weighted by molar-refractivity contribution is 14.1. The van der Waals surface area contributed by atoms with Crippen molar-refractivity contribution in [2.24, 2.45) is 4.99 Å². The Morgan fingerprint density at radius 3 is 2.89 bits per heavy atom. The molecule has 2 aliphatic heterocycles. The fourth-order valence-corrected chi connectivity index (χ4v) is 2.79. The summed E-state index contributed by atoms with van der Waals surface area (Å²) in [6.07, 6.45) is 6.45. The Balaban J connectivity index is 2.03. The third-order valence-corrected chi connectivity index (χ3v) is 4.18. The SMILES string of the molecule is CC1(I)C=Cc2cccc(N3CCNCC3)c2N=C1. The Bertz CT molecular complexity index is 528. The Hall–Kier alpha value is -0.880. The van der Waals surface area contributed by atoms with E-state index in [0.717, 1.165) is 31.9 Å². The number of aliphatic imine (C=N–C) groups is 1. The molecule has 0 bridgehead atoms. The molecule has 1 fully saturated rings. The van der Waals surface area contributed by atoms with Gasteiger partial charge >= 0.3 is 0 Å². The molecule has 1 unspecified atom stereocenters. The van der Waals surface area contributed by atoms with E-state index < -0.39 is 0 Å². The van der Waals surface area contributed by atoms with E-state index in [0.29, 0.717) is 0 Å². The van der Waals surface area contributed by atoms with Gasteiger partial charge in [0.15, 0.2) is 0 Å². The highest BCUT2D eigenvalue weighted by Crippen LogP contribution is 2.36. The predicted molar refractivity (Wildman–Crippen MR) is 91.1 cm³/mol. The zero-order chi connectivity index (χ0) is 13.3. The van der Waals surface area contributed by atoms with Gasteiger partial charge in [0.05, 0.1) is 14.8 Å². The first-order chi connectivity index (χ1) is 9.16. The Morgan fingerprint density at radius 2 is 2.11 bits per heavy atom. The summed E-state index contributed by atoms with van der Waals surface area (Å²) in [4.78, 5) is 7.18. The number of para-hydroxylation sites is 1. The number of piperazine rings is 1. The lowest BCUT2D eigenvalue weighted by molar-refractivity contribution is 0.589. The number of nitrogens with one attached hydrogen (secondary N) is 1. The van der Waals surface area contributed by atoms with Crippen molar-refractivity contribution in [3.8, 4) is 0 Å². The summed E-state index contributed by atoms with van der Waals surface area (Å²) in [5, 5.41) is 3.39. The van der Waals surface area contributed by atoms with Crippen LogP contribution >= 0.6 is 22.6 Å². The lowest BCUT2D eigenvalue weighted by Crippen LogP contribution is -2.43. The van der Waals surface area contributed by atoms with Crippen molar-refractivity contribution in [1.29, 1.82) is 0 Å². The minimum absolute atomic E-state index is 0.00248. The molecule has 2 aliphatic rings. The number of fused-ring (bicyclic) bond motifs is 1. The van der Waals surface area contributed by atoms with Gasteiger partial charge in [-0.05, 0) is 13.0 Å². The highest BCUT2D eigenvalue weighted by atomic mass is 127. The maximum absolute atomic E-state index is 4.76. The number of rotatable bonds is 1. The van der Waals surface area contributed by atoms with Crippen LogP contribution in [0, 0.1) is 0 Å². The Kier molecular flexibility index (Phi) is 3.62. The highest BCUT2D eigenvalue weighted by Gasteiger charge is 2.20. The summed E-state index contributed by atoms with van der Waals surface area (Å²) < 4.78 is -0.00248. The molecule has 1 aromatic carbocycles. The second-order valence-corrected chi connectivity index (χ2v) is 7.52. The lowest BCUT2D eigenvalue weighted by Gasteiger charge is -2.30. The smallest absolute Gasteiger partial charge is 0.0931 e. The molecule has 2 heterocycles. The van der Waals surface area contributed by atoms with Crippen molar-refractivity contribution in [3.05, 3.63) is 29.8 Å². The first-order valence-electron chi connectivity index (χ1n) is 6.68. The minimum atomic E-state index is -0.00248. The predicted octanol–water partition coefficient (Wildman–Crippen LogP) is 3.02. The van der Waals surface area contributed by atoms with Crippen LogP contribution in [0.15, 0.2) is 29.3 Å². The molecule has 0 amide bonds. The van der Waals surface area contributed by atoms with Crippen LogP contribution in [0.1, 0.15) is 12.5 Å². The van der Waals surface area contributed by atoms with Gasteiger partial charge in [-0.2, -0.15) is 0 Å². The molecule has 1 saturated heterocycles. The number of hydrogen-bond acceptors (Lipinski definition) is 3. The number of benzene rings is 1. The summed E-state index contributed by atoms with van der Waals surface area (Å²) in [5.41, 5.74) is 3.59. The van der Waals surface area contributed by atoms with Gasteiger partial charge in [0.2, 0.25) is 0 Å². The van der Waals surface area contributed by atoms with Crippen molar-refractivity contribution in [1.82, 2.24) is 5.32 Å². The molecule has 1 atom stereocenters. The van der Waals surface area contributed by atoms with Crippen LogP contribution in [0.25, 0.3) is 6.08 Å². The number of allylic oxidation sites excluding steroid dienone is 1. The molecule has 4 heteroatoms. The zero-order valence-corrected chi connectivity index (χ0v) is 13.2. The van der Waals surface area contributed by atoms with Crippen molar-refractivity contribution < 1.29 is 0 Å². The molecule has 0 radical (unpaired) electrons. The van der Waals surface area contributed by atoms with Crippen LogP contribution in [0.2, 0.25) is 0 Å². The fraction of sp³-hybridized carbons (Fsp3) is 0.400. The van der Waals surface area contributed by atoms with Gasteiger partial charge < -0.3 is 10.2 Å².